The van der Waals surface area contributed by atoms with E-state index in [-0.39, 0.29) is 12.4 Å². The molecule has 2 rings (SSSR count). The number of fused-ring (bicyclic) bond motifs is 1. The van der Waals surface area contributed by atoms with Gasteiger partial charge in [0.25, 0.3) is 0 Å². The summed E-state index contributed by atoms with van der Waals surface area (Å²) >= 11 is 0. The van der Waals surface area contributed by atoms with Crippen LogP contribution in [0.3, 0.4) is 0 Å². The van der Waals surface area contributed by atoms with Crippen molar-refractivity contribution in [2.45, 2.75) is 12.5 Å². The summed E-state index contributed by atoms with van der Waals surface area (Å²) in [5, 5.41) is 11.7. The van der Waals surface area contributed by atoms with Crippen LogP contribution >= 0.6 is 12.4 Å². The largest absolute Gasteiger partial charge is 0.480 e. The molecule has 0 fully saturated rings. The number of carbonyl (C=O) groups is 1. The predicted molar refractivity (Wildman–Crippen MR) is 52.4 cm³/mol. The highest BCUT2D eigenvalue weighted by Crippen LogP contribution is 2.24. The zero-order valence-electron chi connectivity index (χ0n) is 6.86. The smallest absolute Gasteiger partial charge is 0.326 e. The minimum absolute atomic E-state index is 0. The highest BCUT2D eigenvalue weighted by molar-refractivity contribution is 5.85. The summed E-state index contributed by atoms with van der Waals surface area (Å²) in [4.78, 5) is 10.6. The van der Waals surface area contributed by atoms with Gasteiger partial charge in [0.2, 0.25) is 0 Å². The topological polar surface area (TPSA) is 49.3 Å². The van der Waals surface area contributed by atoms with E-state index >= 15 is 0 Å². The summed E-state index contributed by atoms with van der Waals surface area (Å²) in [5.74, 6) is -0.786. The van der Waals surface area contributed by atoms with Crippen molar-refractivity contribution in [2.75, 3.05) is 5.32 Å². The third kappa shape index (κ3) is 1.75. The summed E-state index contributed by atoms with van der Waals surface area (Å²) in [7, 11) is 0. The Bertz CT molecular complexity index is 302. The third-order valence-corrected chi connectivity index (χ3v) is 2.07. The standard InChI is InChI=1S/C9H9NO2.ClH/c11-9(12)8-5-6-3-1-2-4-7(6)10-8;/h1-4,8,10H,5H2,(H,11,12);1H/t8-;/m1./s1. The van der Waals surface area contributed by atoms with Gasteiger partial charge in [-0.25, -0.2) is 4.79 Å². The fourth-order valence-electron chi connectivity index (χ4n) is 1.45. The Morgan fingerprint density at radius 1 is 1.46 bits per heavy atom. The molecule has 13 heavy (non-hydrogen) atoms. The van der Waals surface area contributed by atoms with Gasteiger partial charge in [0.05, 0.1) is 0 Å². The molecule has 0 spiro atoms. The quantitative estimate of drug-likeness (QED) is 0.721. The fourth-order valence-corrected chi connectivity index (χ4v) is 1.45. The Kier molecular flexibility index (Phi) is 2.78. The Morgan fingerprint density at radius 2 is 2.15 bits per heavy atom. The Balaban J connectivity index is 0.000000845. The first kappa shape index (κ1) is 9.86. The van der Waals surface area contributed by atoms with Crippen LogP contribution in [0.15, 0.2) is 24.3 Å². The zero-order valence-corrected chi connectivity index (χ0v) is 7.67. The van der Waals surface area contributed by atoms with Crippen LogP contribution in [-0.2, 0) is 11.2 Å². The maximum Gasteiger partial charge on any atom is 0.326 e. The Morgan fingerprint density at radius 3 is 2.77 bits per heavy atom. The van der Waals surface area contributed by atoms with Crippen LogP contribution in [0, 0.1) is 0 Å². The van der Waals surface area contributed by atoms with Gasteiger partial charge < -0.3 is 10.4 Å². The number of halogens is 1. The lowest BCUT2D eigenvalue weighted by atomic mass is 10.1. The lowest BCUT2D eigenvalue weighted by molar-refractivity contribution is -0.137. The minimum Gasteiger partial charge on any atom is -0.480 e. The van der Waals surface area contributed by atoms with Gasteiger partial charge in [-0.1, -0.05) is 18.2 Å². The normalized spacial score (nSPS) is 18.3. The van der Waals surface area contributed by atoms with Gasteiger partial charge in [-0.15, -0.1) is 12.4 Å². The van der Waals surface area contributed by atoms with E-state index in [2.05, 4.69) is 5.32 Å². The molecule has 0 bridgehead atoms. The number of nitrogens with one attached hydrogen (secondary N) is 1. The van der Waals surface area contributed by atoms with Crippen molar-refractivity contribution in [1.29, 1.82) is 0 Å². The van der Waals surface area contributed by atoms with Gasteiger partial charge in [0.15, 0.2) is 0 Å². The van der Waals surface area contributed by atoms with Gasteiger partial charge in [-0.2, -0.15) is 0 Å². The monoisotopic (exact) mass is 199 g/mol. The van der Waals surface area contributed by atoms with Gasteiger partial charge in [-0.05, 0) is 11.6 Å². The number of aliphatic carboxylic acids is 1. The van der Waals surface area contributed by atoms with E-state index in [1.54, 1.807) is 0 Å². The van der Waals surface area contributed by atoms with Gasteiger partial charge in [0, 0.05) is 12.1 Å². The second-order valence-electron chi connectivity index (χ2n) is 2.90. The molecule has 1 aliphatic heterocycles. The average molecular weight is 200 g/mol. The predicted octanol–water partition coefficient (Wildman–Crippen LogP) is 1.53. The molecule has 0 saturated heterocycles. The Labute approximate surface area is 82.2 Å². The highest BCUT2D eigenvalue weighted by atomic mass is 35.5. The molecular weight excluding hydrogens is 190 g/mol. The van der Waals surface area contributed by atoms with Crippen LogP contribution in [0.25, 0.3) is 0 Å². The van der Waals surface area contributed by atoms with E-state index in [9.17, 15) is 4.79 Å². The number of hydrogen-bond acceptors (Lipinski definition) is 2. The first-order valence-corrected chi connectivity index (χ1v) is 3.84. The zero-order chi connectivity index (χ0) is 8.55. The second kappa shape index (κ2) is 3.66. The van der Waals surface area contributed by atoms with Crippen molar-refractivity contribution in [3.05, 3.63) is 29.8 Å². The Hall–Kier alpha value is -1.22. The number of carboxylic acid groups (broad SMARTS) is 1. The number of carboxylic acids is 1. The molecule has 0 aliphatic carbocycles. The van der Waals surface area contributed by atoms with Crippen LogP contribution in [0.4, 0.5) is 5.69 Å². The molecule has 1 aromatic rings. The number of hydrogen-bond donors (Lipinski definition) is 2. The number of benzene rings is 1. The molecular formula is C9H10ClNO2. The molecule has 4 heteroatoms. The summed E-state index contributed by atoms with van der Waals surface area (Å²) < 4.78 is 0. The van der Waals surface area contributed by atoms with E-state index in [1.807, 2.05) is 24.3 Å². The van der Waals surface area contributed by atoms with E-state index < -0.39 is 12.0 Å². The maximum absolute atomic E-state index is 10.6. The fraction of sp³-hybridized carbons (Fsp3) is 0.222. The molecule has 2 N–H and O–H groups in total. The summed E-state index contributed by atoms with van der Waals surface area (Å²) in [6, 6.07) is 7.23. The van der Waals surface area contributed by atoms with E-state index in [0.717, 1.165) is 11.3 Å². The molecule has 0 amide bonds. The lowest BCUT2D eigenvalue weighted by Crippen LogP contribution is -2.26. The number of rotatable bonds is 1. The molecule has 0 radical (unpaired) electrons. The molecule has 70 valence electrons. The van der Waals surface area contributed by atoms with Crippen LogP contribution in [0.1, 0.15) is 5.56 Å². The summed E-state index contributed by atoms with van der Waals surface area (Å²) in [5.41, 5.74) is 2.04. The van der Waals surface area contributed by atoms with Crippen LogP contribution in [-0.4, -0.2) is 17.1 Å². The average Bonchev–Trinajstić information content (AvgIpc) is 2.46. The molecule has 1 aliphatic rings. The number of para-hydroxylation sites is 1. The van der Waals surface area contributed by atoms with Crippen molar-refractivity contribution >= 4 is 24.1 Å². The minimum atomic E-state index is -0.786. The van der Waals surface area contributed by atoms with Crippen molar-refractivity contribution in [3.63, 3.8) is 0 Å². The van der Waals surface area contributed by atoms with Crippen LogP contribution in [0.2, 0.25) is 0 Å². The van der Waals surface area contributed by atoms with Gasteiger partial charge >= 0.3 is 5.97 Å². The second-order valence-corrected chi connectivity index (χ2v) is 2.90. The van der Waals surface area contributed by atoms with E-state index in [1.165, 1.54) is 0 Å². The summed E-state index contributed by atoms with van der Waals surface area (Å²) in [6.45, 7) is 0. The molecule has 1 aromatic carbocycles. The molecule has 1 atom stereocenters. The van der Waals surface area contributed by atoms with Gasteiger partial charge in [-0.3, -0.25) is 0 Å². The number of anilines is 1. The molecule has 0 saturated carbocycles. The lowest BCUT2D eigenvalue weighted by Gasteiger charge is -2.02. The SMILES string of the molecule is Cl.O=C(O)[C@H]1Cc2ccccc2N1. The van der Waals surface area contributed by atoms with Gasteiger partial charge in [0.1, 0.15) is 6.04 Å². The first-order chi connectivity index (χ1) is 5.77. The van der Waals surface area contributed by atoms with Crippen molar-refractivity contribution in [2.24, 2.45) is 0 Å². The molecule has 0 aromatic heterocycles. The van der Waals surface area contributed by atoms with Crippen molar-refractivity contribution < 1.29 is 9.90 Å². The highest BCUT2D eigenvalue weighted by Gasteiger charge is 2.25. The van der Waals surface area contributed by atoms with Crippen molar-refractivity contribution in [1.82, 2.24) is 0 Å². The molecule has 0 unspecified atom stereocenters. The van der Waals surface area contributed by atoms with E-state index in [0.29, 0.717) is 6.42 Å². The summed E-state index contributed by atoms with van der Waals surface area (Å²) in [6.07, 6.45) is 0.589. The van der Waals surface area contributed by atoms with Crippen LogP contribution in [0.5, 0.6) is 0 Å². The van der Waals surface area contributed by atoms with E-state index in [4.69, 9.17) is 5.11 Å². The van der Waals surface area contributed by atoms with Crippen LogP contribution < -0.4 is 5.32 Å². The van der Waals surface area contributed by atoms with Crippen molar-refractivity contribution in [3.8, 4) is 0 Å². The maximum atomic E-state index is 10.6. The first-order valence-electron chi connectivity index (χ1n) is 3.84. The third-order valence-electron chi connectivity index (χ3n) is 2.07. The molecule has 1 heterocycles. The molecule has 3 nitrogen and oxygen atoms in total.